The second-order valence-corrected chi connectivity index (χ2v) is 14.6. The molecule has 1 aromatic carbocycles. The van der Waals surface area contributed by atoms with Gasteiger partial charge in [0.2, 0.25) is 10.9 Å². The van der Waals surface area contributed by atoms with Gasteiger partial charge in [-0.1, -0.05) is 75.3 Å². The largest absolute Gasteiger partial charge is 0.371 e. The number of nitrogens with zero attached hydrogens (tertiary/aromatic N) is 4. The van der Waals surface area contributed by atoms with Crippen molar-refractivity contribution in [2.24, 2.45) is 0 Å². The zero-order valence-corrected chi connectivity index (χ0v) is 35.0. The van der Waals surface area contributed by atoms with Crippen molar-refractivity contribution in [1.29, 1.82) is 0 Å². The fourth-order valence-electron chi connectivity index (χ4n) is 5.15. The van der Waals surface area contributed by atoms with Crippen LogP contribution in [0.3, 0.4) is 0 Å². The second kappa shape index (κ2) is 29.6. The van der Waals surface area contributed by atoms with Crippen molar-refractivity contribution in [2.75, 3.05) is 71.4 Å². The molecule has 0 bridgehead atoms. The Balaban J connectivity index is -0.000000701. The maximum atomic E-state index is 11.9. The Kier molecular flexibility index (Phi) is 30.9. The molecule has 0 radical (unpaired) electrons. The Bertz CT molecular complexity index is 1070. The molecule has 8 nitrogen and oxygen atoms in total. The predicted molar refractivity (Wildman–Crippen MR) is 215 cm³/mol. The molecule has 0 spiro atoms. The predicted octanol–water partition coefficient (Wildman–Crippen LogP) is 7.89. The molecule has 0 fully saturated rings. The normalized spacial score (nSPS) is 11.7. The van der Waals surface area contributed by atoms with Crippen molar-refractivity contribution in [2.45, 2.75) is 153 Å². The quantitative estimate of drug-likeness (QED) is 0.0731. The average Bonchev–Trinajstić information content (AvgIpc) is 3.02. The summed E-state index contributed by atoms with van der Waals surface area (Å²) in [6, 6.07) is 0.0624. The summed E-state index contributed by atoms with van der Waals surface area (Å²) in [6.45, 7) is 38.2. The molecule has 8 heteroatoms. The highest BCUT2D eigenvalue weighted by Gasteiger charge is 2.32. The molecule has 0 saturated heterocycles. The average molecular weight is 693 g/mol. The van der Waals surface area contributed by atoms with Crippen LogP contribution in [0.5, 0.6) is 0 Å². The number of carbonyl (C=O) groups is 2. The van der Waals surface area contributed by atoms with E-state index in [1.54, 1.807) is 13.8 Å². The van der Waals surface area contributed by atoms with Gasteiger partial charge < -0.3 is 14.7 Å². The number of carbonyl (C=O) groups excluding carboxylic acids is 2. The van der Waals surface area contributed by atoms with Crippen molar-refractivity contribution >= 4 is 17.3 Å². The highest BCUT2D eigenvalue weighted by Crippen LogP contribution is 2.27. The van der Waals surface area contributed by atoms with Gasteiger partial charge in [-0.15, -0.1) is 0 Å². The van der Waals surface area contributed by atoms with Gasteiger partial charge in [-0.25, -0.2) is 0 Å². The van der Waals surface area contributed by atoms with Crippen LogP contribution in [-0.2, 0) is 15.0 Å². The van der Waals surface area contributed by atoms with E-state index >= 15 is 0 Å². The summed E-state index contributed by atoms with van der Waals surface area (Å²) in [5.74, 6) is 0.325. The molecule has 0 N–H and O–H groups in total. The van der Waals surface area contributed by atoms with Crippen molar-refractivity contribution in [1.82, 2.24) is 14.7 Å². The number of hydrogen-bond acceptors (Lipinski definition) is 8. The molecule has 0 amide bonds. The van der Waals surface area contributed by atoms with Crippen LogP contribution in [0.4, 0.5) is 5.69 Å². The topological polar surface area (TPSA) is 81.2 Å². The standard InChI is InChI=1S/C18H32N2O2.C15H32N2O.C5H8O.C3H8/c1-7-11-20(8-2)13-10-9-12-19(6)15-14(18(3,4)5)16(21)17(15)22;1-6-10-17(11-7-2)13-9-8-12-16(5)14(3)15(4)18;1-4(2)5(3)6;1-3-2/h7-13H2,1-6H3;14H,6-13H2,1-5H3;1H2,2-3H3;3H2,1-2H3. The van der Waals surface area contributed by atoms with Gasteiger partial charge >= 0.3 is 0 Å². The zero-order valence-electron chi connectivity index (χ0n) is 35.0. The summed E-state index contributed by atoms with van der Waals surface area (Å²) >= 11 is 0. The first-order chi connectivity index (χ1) is 22.8. The molecule has 0 aliphatic heterocycles. The Hall–Kier alpha value is -2.16. The van der Waals surface area contributed by atoms with Gasteiger partial charge in [-0.2, -0.15) is 0 Å². The van der Waals surface area contributed by atoms with Gasteiger partial charge in [0.05, 0.1) is 11.7 Å². The number of anilines is 1. The van der Waals surface area contributed by atoms with Gasteiger partial charge in [0.1, 0.15) is 5.78 Å². The molecule has 1 atom stereocenters. The van der Waals surface area contributed by atoms with Crippen LogP contribution in [0.25, 0.3) is 0 Å². The second-order valence-electron chi connectivity index (χ2n) is 14.6. The molecular weight excluding hydrogens is 612 g/mol. The number of likely N-dealkylation sites (N-methyl/N-ethyl adjacent to an activating group) is 1. The van der Waals surface area contributed by atoms with Crippen LogP contribution in [0, 0.1) is 0 Å². The Morgan fingerprint density at radius 1 is 0.673 bits per heavy atom. The van der Waals surface area contributed by atoms with E-state index in [0.29, 0.717) is 16.8 Å². The molecule has 0 heterocycles. The number of hydrogen-bond donors (Lipinski definition) is 0. The first kappa shape index (κ1) is 51.2. The molecule has 1 rings (SSSR count). The van der Waals surface area contributed by atoms with Crippen molar-refractivity contribution in [3.8, 4) is 0 Å². The van der Waals surface area contributed by atoms with Gasteiger partial charge in [0.25, 0.3) is 0 Å². The molecule has 0 aromatic heterocycles. The lowest BCUT2D eigenvalue weighted by Crippen LogP contribution is -2.46. The lowest BCUT2D eigenvalue weighted by molar-refractivity contribution is -0.121. The highest BCUT2D eigenvalue weighted by atomic mass is 16.2. The van der Waals surface area contributed by atoms with Gasteiger partial charge in [-0.05, 0) is 136 Å². The first-order valence-electron chi connectivity index (χ1n) is 19.2. The van der Waals surface area contributed by atoms with E-state index in [-0.39, 0.29) is 33.9 Å². The summed E-state index contributed by atoms with van der Waals surface area (Å²) in [5.41, 5.74) is 1.09. The summed E-state index contributed by atoms with van der Waals surface area (Å²) in [5, 5.41) is 0. The number of Topliss-reactive ketones (excluding diaryl/α,β-unsaturated/α-hetero) is 2. The first-order valence-corrected chi connectivity index (χ1v) is 19.2. The minimum Gasteiger partial charge on any atom is -0.371 e. The van der Waals surface area contributed by atoms with Crippen LogP contribution in [0.1, 0.15) is 147 Å². The monoisotopic (exact) mass is 693 g/mol. The van der Waals surface area contributed by atoms with E-state index in [4.69, 9.17) is 0 Å². The van der Waals surface area contributed by atoms with Crippen LogP contribution >= 0.6 is 0 Å². The summed E-state index contributed by atoms with van der Waals surface area (Å²) in [6.07, 6.45) is 9.49. The maximum Gasteiger partial charge on any atom is 0.249 e. The third-order valence-corrected chi connectivity index (χ3v) is 8.39. The molecule has 0 aliphatic carbocycles. The summed E-state index contributed by atoms with van der Waals surface area (Å²) < 4.78 is 0. The SMILES string of the molecule is C=C(C)C(C)=O.CCC.CCCN(CC)CCCCN(C)c1c(C(C)(C)C)c(=O)c1=O.CCCN(CCC)CCCCN(C)C(C)C(C)=O. The molecule has 1 unspecified atom stereocenters. The number of rotatable bonds is 21. The Labute approximate surface area is 303 Å². The van der Waals surface area contributed by atoms with Crippen molar-refractivity contribution in [3.63, 3.8) is 0 Å². The summed E-state index contributed by atoms with van der Waals surface area (Å²) in [4.78, 5) is 54.1. The van der Waals surface area contributed by atoms with Crippen LogP contribution in [0.15, 0.2) is 21.7 Å². The molecule has 0 aliphatic rings. The molecule has 1 aromatic rings. The Morgan fingerprint density at radius 3 is 1.43 bits per heavy atom. The number of unbranched alkanes of at least 4 members (excludes halogenated alkanes) is 2. The van der Waals surface area contributed by atoms with Crippen LogP contribution < -0.4 is 15.8 Å². The minimum atomic E-state index is -0.311. The molecule has 0 saturated carbocycles. The Morgan fingerprint density at radius 2 is 1.06 bits per heavy atom. The zero-order chi connectivity index (χ0) is 38.7. The van der Waals surface area contributed by atoms with Gasteiger partial charge in [0, 0.05) is 19.2 Å². The molecular formula is C41H80N4O4. The van der Waals surface area contributed by atoms with Crippen molar-refractivity contribution < 1.29 is 9.59 Å². The van der Waals surface area contributed by atoms with E-state index in [1.165, 1.54) is 65.1 Å². The van der Waals surface area contributed by atoms with Gasteiger partial charge in [-0.3, -0.25) is 24.1 Å². The van der Waals surface area contributed by atoms with E-state index < -0.39 is 0 Å². The van der Waals surface area contributed by atoms with Crippen LogP contribution in [0.2, 0.25) is 0 Å². The van der Waals surface area contributed by atoms with E-state index in [9.17, 15) is 19.2 Å². The third kappa shape index (κ3) is 23.8. The summed E-state index contributed by atoms with van der Waals surface area (Å²) in [7, 11) is 3.97. The van der Waals surface area contributed by atoms with Crippen molar-refractivity contribution in [3.05, 3.63) is 38.2 Å². The fraction of sp³-hybridized carbons (Fsp3) is 0.805. The third-order valence-electron chi connectivity index (χ3n) is 8.39. The lowest BCUT2D eigenvalue weighted by Gasteiger charge is -2.29. The smallest absolute Gasteiger partial charge is 0.249 e. The molecule has 288 valence electrons. The van der Waals surface area contributed by atoms with Gasteiger partial charge in [0.15, 0.2) is 5.78 Å². The van der Waals surface area contributed by atoms with E-state index in [2.05, 4.69) is 62.8 Å². The molecule has 49 heavy (non-hydrogen) atoms. The van der Waals surface area contributed by atoms with E-state index in [1.807, 2.05) is 46.7 Å². The number of ketones is 2. The minimum absolute atomic E-state index is 0.0624. The highest BCUT2D eigenvalue weighted by molar-refractivity contribution is 5.91. The van der Waals surface area contributed by atoms with E-state index in [0.717, 1.165) is 45.6 Å². The maximum absolute atomic E-state index is 11.9. The number of allylic oxidation sites excluding steroid dienone is 1. The van der Waals surface area contributed by atoms with Crippen LogP contribution in [-0.4, -0.2) is 98.8 Å². The lowest BCUT2D eigenvalue weighted by atomic mass is 9.82. The fourth-order valence-corrected chi connectivity index (χ4v) is 5.15.